The average molecular weight is 551 g/mol. The fourth-order valence-electron chi connectivity index (χ4n) is 4.99. The van der Waals surface area contributed by atoms with Crippen LogP contribution in [0.3, 0.4) is 0 Å². The van der Waals surface area contributed by atoms with Gasteiger partial charge in [0.2, 0.25) is 0 Å². The Labute approximate surface area is 219 Å². The minimum atomic E-state index is -4.99. The van der Waals surface area contributed by atoms with Gasteiger partial charge in [-0.1, -0.05) is 30.3 Å². The van der Waals surface area contributed by atoms with Gasteiger partial charge in [0.25, 0.3) is 23.5 Å². The highest BCUT2D eigenvalue weighted by molar-refractivity contribution is 6.43. The third-order valence-electron chi connectivity index (χ3n) is 6.91. The minimum Gasteiger partial charge on any atom is -0.343 e. The van der Waals surface area contributed by atoms with Gasteiger partial charge in [0.1, 0.15) is 11.5 Å². The monoisotopic (exact) mass is 551 g/mol. The molecule has 1 heterocycles. The Morgan fingerprint density at radius 3 is 2.15 bits per heavy atom. The summed E-state index contributed by atoms with van der Waals surface area (Å²) in [5, 5.41) is 4.71. The number of carbonyl (C=O) groups is 3. The summed E-state index contributed by atoms with van der Waals surface area (Å²) in [5.41, 5.74) is -2.98. The average Bonchev–Trinajstić information content (AvgIpc) is 3.06. The number of nitrogens with zero attached hydrogens (tertiary/aromatic N) is 1. The molecule has 0 bridgehead atoms. The zero-order valence-electron chi connectivity index (χ0n) is 21.0. The molecule has 0 unspecified atom stereocenters. The molecule has 12 heteroatoms. The smallest absolute Gasteiger partial charge is 0.343 e. The van der Waals surface area contributed by atoms with Crippen LogP contribution in [0.4, 0.5) is 32.0 Å². The van der Waals surface area contributed by atoms with E-state index in [2.05, 4.69) is 10.6 Å². The quantitative estimate of drug-likeness (QED) is 0.235. The first kappa shape index (κ1) is 27.9. The van der Waals surface area contributed by atoms with E-state index in [0.29, 0.717) is 17.7 Å². The van der Waals surface area contributed by atoms with Gasteiger partial charge < -0.3 is 15.2 Å². The highest BCUT2D eigenvalue weighted by atomic mass is 19.4. The molecule has 0 saturated heterocycles. The Balaban J connectivity index is 1.61. The van der Waals surface area contributed by atoms with Gasteiger partial charge in [-0.3, -0.25) is 14.4 Å². The van der Waals surface area contributed by atoms with Crippen LogP contribution in [0.25, 0.3) is 0 Å². The van der Waals surface area contributed by atoms with Crippen LogP contribution in [0.15, 0.2) is 48.5 Å². The van der Waals surface area contributed by atoms with E-state index in [1.165, 1.54) is 25.5 Å². The van der Waals surface area contributed by atoms with Crippen molar-refractivity contribution >= 4 is 23.3 Å². The number of alkyl halides is 5. The Morgan fingerprint density at radius 1 is 0.974 bits per heavy atom. The molecule has 4 rings (SSSR count). The number of rotatable bonds is 6. The third-order valence-corrected chi connectivity index (χ3v) is 6.91. The lowest BCUT2D eigenvalue weighted by Gasteiger charge is -2.48. The highest BCUT2D eigenvalue weighted by Gasteiger charge is 2.58. The van der Waals surface area contributed by atoms with Crippen molar-refractivity contribution in [2.45, 2.75) is 44.3 Å². The molecule has 39 heavy (non-hydrogen) atoms. The molecule has 0 radical (unpaired) electrons. The van der Waals surface area contributed by atoms with Gasteiger partial charge in [-0.25, -0.2) is 13.2 Å². The molecule has 6 nitrogen and oxygen atoms in total. The maximum Gasteiger partial charge on any atom is 0.419 e. The molecule has 2 N–H and O–H groups in total. The number of aromatic nitrogens is 1. The minimum absolute atomic E-state index is 0.0542. The molecule has 1 fully saturated rings. The largest absolute Gasteiger partial charge is 0.419 e. The zero-order valence-corrected chi connectivity index (χ0v) is 21.0. The van der Waals surface area contributed by atoms with E-state index in [0.717, 1.165) is 6.07 Å². The Hall–Kier alpha value is -4.09. The number of benzene rings is 2. The van der Waals surface area contributed by atoms with Crippen LogP contribution < -0.4 is 10.6 Å². The molecular weight excluding hydrogens is 528 g/mol. The van der Waals surface area contributed by atoms with Crippen LogP contribution in [-0.2, 0) is 23.6 Å². The predicted octanol–water partition coefficient (Wildman–Crippen LogP) is 5.68. The summed E-state index contributed by atoms with van der Waals surface area (Å²) in [6.45, 7) is 2.83. The Bertz CT molecular complexity index is 1470. The number of halogens is 6. The second-order valence-electron chi connectivity index (χ2n) is 9.58. The molecule has 1 aliphatic carbocycles. The van der Waals surface area contributed by atoms with Gasteiger partial charge in [-0.15, -0.1) is 0 Å². The molecular formula is C27H23F6N3O3. The summed E-state index contributed by atoms with van der Waals surface area (Å²) < 4.78 is 81.9. The predicted molar refractivity (Wildman–Crippen MR) is 129 cm³/mol. The molecule has 2 amide bonds. The van der Waals surface area contributed by atoms with Crippen molar-refractivity contribution in [3.8, 4) is 0 Å². The van der Waals surface area contributed by atoms with Crippen LogP contribution >= 0.6 is 0 Å². The molecule has 1 saturated carbocycles. The van der Waals surface area contributed by atoms with E-state index in [1.807, 2.05) is 0 Å². The highest BCUT2D eigenvalue weighted by Crippen LogP contribution is 2.51. The molecule has 0 spiro atoms. The van der Waals surface area contributed by atoms with E-state index in [9.17, 15) is 40.7 Å². The number of carbonyl (C=O) groups excluding carboxylic acids is 3. The standard InChI is InChI=1S/C27H23F6N3O3/c1-14-20(22(37)24(39)35-25(12-26(29,30)13-25)16-7-5-4-6-8-16)15(2)36(3)21(14)23(38)34-17-9-10-19(28)18(11-17)27(31,32)33/h4-11H,12-13H2,1-3H3,(H,34,38)(H,35,39). The van der Waals surface area contributed by atoms with E-state index in [4.69, 9.17) is 0 Å². The second-order valence-corrected chi connectivity index (χ2v) is 9.58. The van der Waals surface area contributed by atoms with Gasteiger partial charge in [-0.05, 0) is 43.2 Å². The van der Waals surface area contributed by atoms with Crippen molar-refractivity contribution in [3.05, 3.63) is 88.0 Å². The van der Waals surface area contributed by atoms with Crippen molar-refractivity contribution in [1.29, 1.82) is 0 Å². The number of anilines is 1. The lowest BCUT2D eigenvalue weighted by atomic mass is 9.69. The normalized spacial score (nSPS) is 15.8. The summed E-state index contributed by atoms with van der Waals surface area (Å²) >= 11 is 0. The molecule has 206 valence electrons. The van der Waals surface area contributed by atoms with Gasteiger partial charge in [0.05, 0.1) is 16.7 Å². The topological polar surface area (TPSA) is 80.2 Å². The van der Waals surface area contributed by atoms with Crippen LogP contribution in [0.1, 0.15) is 56.1 Å². The lowest BCUT2D eigenvalue weighted by molar-refractivity contribution is -0.147. The van der Waals surface area contributed by atoms with Crippen molar-refractivity contribution in [1.82, 2.24) is 9.88 Å². The number of nitrogens with one attached hydrogen (secondary N) is 2. The summed E-state index contributed by atoms with van der Waals surface area (Å²) in [6.07, 6.45) is -6.38. The zero-order chi connectivity index (χ0) is 28.9. The molecule has 0 aliphatic heterocycles. The first-order valence-electron chi connectivity index (χ1n) is 11.7. The van der Waals surface area contributed by atoms with E-state index in [-0.39, 0.29) is 28.2 Å². The Morgan fingerprint density at radius 2 is 1.59 bits per heavy atom. The van der Waals surface area contributed by atoms with Crippen LogP contribution in [-0.4, -0.2) is 28.1 Å². The first-order chi connectivity index (χ1) is 18.1. The molecule has 2 aromatic carbocycles. The van der Waals surface area contributed by atoms with E-state index in [1.54, 1.807) is 30.3 Å². The maximum atomic E-state index is 13.9. The van der Waals surface area contributed by atoms with Crippen LogP contribution in [0.5, 0.6) is 0 Å². The molecule has 0 atom stereocenters. The fourth-order valence-corrected chi connectivity index (χ4v) is 4.99. The number of hydrogen-bond acceptors (Lipinski definition) is 3. The first-order valence-corrected chi connectivity index (χ1v) is 11.7. The fraction of sp³-hybridized carbons (Fsp3) is 0.296. The molecule has 1 aliphatic rings. The summed E-state index contributed by atoms with van der Waals surface area (Å²) in [6, 6.07) is 10.0. The lowest BCUT2D eigenvalue weighted by Crippen LogP contribution is -2.60. The molecule has 1 aromatic heterocycles. The van der Waals surface area contributed by atoms with Gasteiger partial charge in [0.15, 0.2) is 0 Å². The van der Waals surface area contributed by atoms with Crippen molar-refractivity contribution in [2.24, 2.45) is 7.05 Å². The van der Waals surface area contributed by atoms with E-state index < -0.39 is 59.5 Å². The third kappa shape index (κ3) is 5.15. The van der Waals surface area contributed by atoms with E-state index >= 15 is 0 Å². The van der Waals surface area contributed by atoms with Crippen molar-refractivity contribution < 1.29 is 40.7 Å². The number of Topliss-reactive ketones (excluding diaryl/α,β-unsaturated/α-hetero) is 1. The Kier molecular flexibility index (Phi) is 6.86. The number of amides is 2. The number of ketones is 1. The SMILES string of the molecule is Cc1c(C(=O)C(=O)NC2(c3ccccc3)CC(F)(F)C2)c(C)n(C)c1C(=O)Nc1ccc(F)c(C(F)(F)F)c1. The van der Waals surface area contributed by atoms with Crippen LogP contribution in [0.2, 0.25) is 0 Å². The van der Waals surface area contributed by atoms with Crippen molar-refractivity contribution in [2.75, 3.05) is 5.32 Å². The van der Waals surface area contributed by atoms with Crippen LogP contribution in [0, 0.1) is 19.7 Å². The summed E-state index contributed by atoms with van der Waals surface area (Å²) in [4.78, 5) is 39.3. The van der Waals surface area contributed by atoms with Crippen molar-refractivity contribution in [3.63, 3.8) is 0 Å². The van der Waals surface area contributed by atoms with Gasteiger partial charge >= 0.3 is 6.18 Å². The van der Waals surface area contributed by atoms with Gasteiger partial charge in [0, 0.05) is 31.3 Å². The van der Waals surface area contributed by atoms with Gasteiger partial charge in [-0.2, -0.15) is 13.2 Å². The summed E-state index contributed by atoms with van der Waals surface area (Å²) in [5.74, 6) is -7.65. The molecule has 3 aromatic rings. The number of hydrogen-bond donors (Lipinski definition) is 2. The summed E-state index contributed by atoms with van der Waals surface area (Å²) in [7, 11) is 1.41. The second kappa shape index (κ2) is 9.58. The maximum absolute atomic E-state index is 13.9.